The first kappa shape index (κ1) is 23.0. The molecule has 5 aromatic rings. The van der Waals surface area contributed by atoms with Gasteiger partial charge in [0.2, 0.25) is 5.56 Å². The lowest BCUT2D eigenvalue weighted by molar-refractivity contribution is 0.914. The minimum absolute atomic E-state index is 0.147. The molecule has 1 atom stereocenters. The second-order valence-electron chi connectivity index (χ2n) is 8.59. The van der Waals surface area contributed by atoms with Crippen LogP contribution in [0.5, 0.6) is 0 Å². The molecule has 0 aliphatic heterocycles. The second kappa shape index (κ2) is 9.84. The molecule has 2 aromatic carbocycles. The van der Waals surface area contributed by atoms with Gasteiger partial charge in [0.1, 0.15) is 0 Å². The first-order chi connectivity index (χ1) is 17.5. The van der Waals surface area contributed by atoms with Crippen LogP contribution in [0, 0.1) is 6.92 Å². The minimum Gasteiger partial charge on any atom is -0.374 e. The number of hydrogen-bond donors (Lipinski definition) is 2. The number of anilines is 2. The van der Waals surface area contributed by atoms with Crippen molar-refractivity contribution in [1.29, 1.82) is 0 Å². The molecule has 5 rings (SSSR count). The van der Waals surface area contributed by atoms with E-state index < -0.39 is 0 Å². The summed E-state index contributed by atoms with van der Waals surface area (Å²) in [6, 6.07) is 17.5. The predicted molar refractivity (Wildman–Crippen MR) is 145 cm³/mol. The molecule has 0 saturated heterocycles. The summed E-state index contributed by atoms with van der Waals surface area (Å²) in [6.07, 6.45) is 10.5. The largest absolute Gasteiger partial charge is 0.374 e. The molecular formula is C29H26N6O. The number of pyridine rings is 2. The highest BCUT2D eigenvalue weighted by atomic mass is 16.1. The number of aromatic nitrogens is 4. The molecule has 0 aliphatic rings. The van der Waals surface area contributed by atoms with Gasteiger partial charge < -0.3 is 15.2 Å². The summed E-state index contributed by atoms with van der Waals surface area (Å²) in [5, 5.41) is 3.64. The summed E-state index contributed by atoms with van der Waals surface area (Å²) in [5.74, 6) is 0. The van der Waals surface area contributed by atoms with Crippen LogP contribution in [0.25, 0.3) is 22.2 Å². The van der Waals surface area contributed by atoms with Crippen LogP contribution >= 0.6 is 0 Å². The maximum atomic E-state index is 11.7. The first-order valence-corrected chi connectivity index (χ1v) is 11.6. The number of fused-ring (bicyclic) bond motifs is 1. The Morgan fingerprint density at radius 3 is 2.64 bits per heavy atom. The van der Waals surface area contributed by atoms with Crippen LogP contribution in [0.2, 0.25) is 0 Å². The van der Waals surface area contributed by atoms with Crippen LogP contribution in [0.15, 0.2) is 103 Å². The Kier molecular flexibility index (Phi) is 6.28. The monoisotopic (exact) mass is 474 g/mol. The quantitative estimate of drug-likeness (QED) is 0.325. The number of benzene rings is 2. The van der Waals surface area contributed by atoms with Crippen LogP contribution in [0.3, 0.4) is 0 Å². The van der Waals surface area contributed by atoms with Gasteiger partial charge in [0.05, 0.1) is 17.1 Å². The SMILES string of the molecule is C=CN(C)c1cc(-c2cc(NC(c3cccnc3)c3ccc(=O)[nH]c3)cc3nccnc23)ccc1C. The van der Waals surface area contributed by atoms with Crippen molar-refractivity contribution in [3.05, 3.63) is 125 Å². The van der Waals surface area contributed by atoms with Crippen molar-refractivity contribution in [2.24, 2.45) is 0 Å². The highest BCUT2D eigenvalue weighted by molar-refractivity contribution is 5.95. The smallest absolute Gasteiger partial charge is 0.247 e. The third-order valence-electron chi connectivity index (χ3n) is 6.22. The van der Waals surface area contributed by atoms with Crippen LogP contribution in [-0.2, 0) is 0 Å². The van der Waals surface area contributed by atoms with Crippen molar-refractivity contribution in [3.8, 4) is 11.1 Å². The van der Waals surface area contributed by atoms with Crippen molar-refractivity contribution in [2.45, 2.75) is 13.0 Å². The molecule has 0 spiro atoms. The number of nitrogens with one attached hydrogen (secondary N) is 2. The zero-order chi connectivity index (χ0) is 25.1. The summed E-state index contributed by atoms with van der Waals surface area (Å²) in [6.45, 7) is 5.99. The van der Waals surface area contributed by atoms with Gasteiger partial charge in [-0.3, -0.25) is 19.7 Å². The molecule has 7 nitrogen and oxygen atoms in total. The molecule has 0 aliphatic carbocycles. The van der Waals surface area contributed by atoms with Crippen molar-refractivity contribution < 1.29 is 0 Å². The molecular weight excluding hydrogens is 448 g/mol. The highest BCUT2D eigenvalue weighted by Gasteiger charge is 2.17. The molecule has 178 valence electrons. The van der Waals surface area contributed by atoms with Gasteiger partial charge >= 0.3 is 0 Å². The lowest BCUT2D eigenvalue weighted by atomic mass is 9.98. The van der Waals surface area contributed by atoms with Gasteiger partial charge in [0.25, 0.3) is 0 Å². The second-order valence-corrected chi connectivity index (χ2v) is 8.59. The molecule has 0 fully saturated rings. The molecule has 1 unspecified atom stereocenters. The van der Waals surface area contributed by atoms with Crippen LogP contribution in [-0.4, -0.2) is 27.0 Å². The first-order valence-electron chi connectivity index (χ1n) is 11.6. The van der Waals surface area contributed by atoms with E-state index in [1.807, 2.05) is 42.4 Å². The van der Waals surface area contributed by atoms with Gasteiger partial charge in [0.15, 0.2) is 0 Å². The lowest BCUT2D eigenvalue weighted by Crippen LogP contribution is -2.15. The third kappa shape index (κ3) is 4.59. The van der Waals surface area contributed by atoms with E-state index in [0.717, 1.165) is 50.2 Å². The number of aromatic amines is 1. The topological polar surface area (TPSA) is 86.8 Å². The number of hydrogen-bond acceptors (Lipinski definition) is 6. The average Bonchev–Trinajstić information content (AvgIpc) is 2.92. The average molecular weight is 475 g/mol. The fraction of sp³-hybridized carbons (Fsp3) is 0.103. The third-order valence-corrected chi connectivity index (χ3v) is 6.22. The molecule has 0 saturated carbocycles. The van der Waals surface area contributed by atoms with E-state index in [1.54, 1.807) is 31.0 Å². The van der Waals surface area contributed by atoms with Gasteiger partial charge in [-0.15, -0.1) is 0 Å². The van der Waals surface area contributed by atoms with Gasteiger partial charge in [0, 0.05) is 61.0 Å². The van der Waals surface area contributed by atoms with Gasteiger partial charge in [-0.25, -0.2) is 0 Å². The maximum absolute atomic E-state index is 11.7. The lowest BCUT2D eigenvalue weighted by Gasteiger charge is -2.22. The molecule has 7 heteroatoms. The van der Waals surface area contributed by atoms with E-state index in [1.165, 1.54) is 6.07 Å². The summed E-state index contributed by atoms with van der Waals surface area (Å²) in [7, 11) is 1.98. The Balaban J connectivity index is 1.64. The van der Waals surface area contributed by atoms with Crippen LogP contribution < -0.4 is 15.8 Å². The zero-order valence-corrected chi connectivity index (χ0v) is 20.1. The highest BCUT2D eigenvalue weighted by Crippen LogP contribution is 2.35. The summed E-state index contributed by atoms with van der Waals surface area (Å²) < 4.78 is 0. The van der Waals surface area contributed by atoms with Crippen molar-refractivity contribution >= 4 is 22.4 Å². The summed E-state index contributed by atoms with van der Waals surface area (Å²) >= 11 is 0. The van der Waals surface area contributed by atoms with E-state index in [4.69, 9.17) is 0 Å². The normalized spacial score (nSPS) is 11.7. The molecule has 3 aromatic heterocycles. The summed E-state index contributed by atoms with van der Waals surface area (Å²) in [5.41, 5.74) is 8.42. The molecule has 36 heavy (non-hydrogen) atoms. The van der Waals surface area contributed by atoms with E-state index in [0.29, 0.717) is 0 Å². The Bertz CT molecular complexity index is 1570. The van der Waals surface area contributed by atoms with E-state index >= 15 is 0 Å². The minimum atomic E-state index is -0.238. The molecule has 0 bridgehead atoms. The van der Waals surface area contributed by atoms with E-state index in [9.17, 15) is 4.79 Å². The van der Waals surface area contributed by atoms with Crippen molar-refractivity contribution in [1.82, 2.24) is 19.9 Å². The van der Waals surface area contributed by atoms with E-state index in [-0.39, 0.29) is 11.6 Å². The summed E-state index contributed by atoms with van der Waals surface area (Å²) in [4.78, 5) is 30.0. The van der Waals surface area contributed by atoms with Gasteiger partial charge in [-0.2, -0.15) is 0 Å². The standard InChI is InChI=1S/C29H26N6O/c1-4-35(3)26-14-20(8-7-19(26)2)24-15-23(16-25-29(24)32-13-12-31-25)34-28(21-6-5-11-30-17-21)22-9-10-27(36)33-18-22/h4-18,28,34H,1H2,2-3H3,(H,33,36). The Morgan fingerprint density at radius 2 is 1.89 bits per heavy atom. The molecule has 0 radical (unpaired) electrons. The van der Waals surface area contributed by atoms with Crippen LogP contribution in [0.1, 0.15) is 22.7 Å². The van der Waals surface area contributed by atoms with Crippen molar-refractivity contribution in [2.75, 3.05) is 17.3 Å². The van der Waals surface area contributed by atoms with Crippen molar-refractivity contribution in [3.63, 3.8) is 0 Å². The molecule has 2 N–H and O–H groups in total. The number of nitrogens with zero attached hydrogens (tertiary/aromatic N) is 4. The number of aryl methyl sites for hydroxylation is 1. The number of rotatable bonds is 7. The maximum Gasteiger partial charge on any atom is 0.247 e. The molecule has 3 heterocycles. The van der Waals surface area contributed by atoms with Crippen LogP contribution in [0.4, 0.5) is 11.4 Å². The number of H-pyrrole nitrogens is 1. The predicted octanol–water partition coefficient (Wildman–Crippen LogP) is 5.47. The fourth-order valence-electron chi connectivity index (χ4n) is 4.31. The zero-order valence-electron chi connectivity index (χ0n) is 20.1. The Labute approximate surface area is 209 Å². The Morgan fingerprint density at radius 1 is 1.03 bits per heavy atom. The van der Waals surface area contributed by atoms with Gasteiger partial charge in [-0.05, 0) is 65.7 Å². The fourth-order valence-corrected chi connectivity index (χ4v) is 4.31. The van der Waals surface area contributed by atoms with Gasteiger partial charge in [-0.1, -0.05) is 24.8 Å². The van der Waals surface area contributed by atoms with E-state index in [2.05, 4.69) is 63.0 Å². The molecule has 0 amide bonds. The Hall–Kier alpha value is -4.78.